The minimum absolute atomic E-state index is 0.221. The van der Waals surface area contributed by atoms with Crippen molar-refractivity contribution in [2.75, 3.05) is 20.1 Å². The fourth-order valence-corrected chi connectivity index (χ4v) is 2.07. The third kappa shape index (κ3) is 5.97. The van der Waals surface area contributed by atoms with Gasteiger partial charge in [-0.15, -0.1) is 0 Å². The summed E-state index contributed by atoms with van der Waals surface area (Å²) in [4.78, 5) is 6.51. The van der Waals surface area contributed by atoms with Crippen LogP contribution in [-0.2, 0) is 0 Å². The van der Waals surface area contributed by atoms with Crippen LogP contribution in [0.5, 0.6) is 0 Å². The van der Waals surface area contributed by atoms with Crippen molar-refractivity contribution in [3.05, 3.63) is 29.8 Å². The first-order valence-corrected chi connectivity index (χ1v) is 7.59. The van der Waals surface area contributed by atoms with E-state index < -0.39 is 0 Å². The van der Waals surface area contributed by atoms with Gasteiger partial charge < -0.3 is 10.2 Å². The first-order valence-electron chi connectivity index (χ1n) is 7.59. The van der Waals surface area contributed by atoms with Crippen LogP contribution >= 0.6 is 0 Å². The molecule has 4 heteroatoms. The van der Waals surface area contributed by atoms with Crippen molar-refractivity contribution in [3.8, 4) is 0 Å². The van der Waals surface area contributed by atoms with E-state index in [9.17, 15) is 4.39 Å². The summed E-state index contributed by atoms with van der Waals surface area (Å²) in [6.07, 6.45) is 4.59. The molecule has 3 nitrogen and oxygen atoms in total. The predicted molar refractivity (Wildman–Crippen MR) is 82.2 cm³/mol. The molecule has 0 radical (unpaired) electrons. The predicted octanol–water partition coefficient (Wildman–Crippen LogP) is 3.38. The maximum absolute atomic E-state index is 12.9. The molecule has 1 N–H and O–H groups in total. The first-order chi connectivity index (χ1) is 9.54. The highest BCUT2D eigenvalue weighted by Crippen LogP contribution is 2.14. The van der Waals surface area contributed by atoms with Crippen LogP contribution in [0.15, 0.2) is 18.3 Å². The Hall–Kier alpha value is -1.00. The number of halogens is 1. The Balaban J connectivity index is 2.27. The number of nitrogens with zero attached hydrogens (tertiary/aromatic N) is 2. The summed E-state index contributed by atoms with van der Waals surface area (Å²) in [5, 5.41) is 3.50. The second-order valence-corrected chi connectivity index (χ2v) is 5.60. The van der Waals surface area contributed by atoms with Crippen LogP contribution in [-0.4, -0.2) is 36.1 Å². The summed E-state index contributed by atoms with van der Waals surface area (Å²) < 4.78 is 12.9. The molecule has 1 rings (SSSR count). The molecule has 1 atom stereocenters. The summed E-state index contributed by atoms with van der Waals surface area (Å²) in [5.41, 5.74) is 0.924. The largest absolute Gasteiger partial charge is 0.309 e. The van der Waals surface area contributed by atoms with Crippen molar-refractivity contribution in [1.29, 1.82) is 0 Å². The molecule has 114 valence electrons. The molecule has 0 fully saturated rings. The van der Waals surface area contributed by atoms with Gasteiger partial charge in [-0.25, -0.2) is 4.39 Å². The van der Waals surface area contributed by atoms with E-state index in [0.29, 0.717) is 6.04 Å². The molecule has 20 heavy (non-hydrogen) atoms. The van der Waals surface area contributed by atoms with Gasteiger partial charge in [0.1, 0.15) is 5.82 Å². The zero-order valence-corrected chi connectivity index (χ0v) is 13.2. The van der Waals surface area contributed by atoms with Crippen LogP contribution < -0.4 is 5.32 Å². The Morgan fingerprint density at radius 2 is 2.05 bits per heavy atom. The van der Waals surface area contributed by atoms with E-state index >= 15 is 0 Å². The minimum Gasteiger partial charge on any atom is -0.309 e. The van der Waals surface area contributed by atoms with Crippen molar-refractivity contribution in [3.63, 3.8) is 0 Å². The van der Waals surface area contributed by atoms with E-state index in [1.54, 1.807) is 6.07 Å². The smallest absolute Gasteiger partial charge is 0.141 e. The lowest BCUT2D eigenvalue weighted by atomic mass is 10.1. The number of nitrogens with one attached hydrogen (secondary N) is 1. The molecule has 0 saturated heterocycles. The van der Waals surface area contributed by atoms with E-state index in [1.165, 1.54) is 18.7 Å². The summed E-state index contributed by atoms with van der Waals surface area (Å²) in [6.45, 7) is 8.65. The molecule has 0 amide bonds. The second-order valence-electron chi connectivity index (χ2n) is 5.60. The highest BCUT2D eigenvalue weighted by Gasteiger charge is 2.09. The zero-order valence-electron chi connectivity index (χ0n) is 13.2. The molecule has 1 aromatic rings. The van der Waals surface area contributed by atoms with Crippen molar-refractivity contribution in [1.82, 2.24) is 15.2 Å². The van der Waals surface area contributed by atoms with Crippen molar-refractivity contribution < 1.29 is 4.39 Å². The molecule has 1 aromatic heterocycles. The van der Waals surface area contributed by atoms with Gasteiger partial charge in [-0.2, -0.15) is 0 Å². The van der Waals surface area contributed by atoms with Crippen LogP contribution in [0.4, 0.5) is 4.39 Å². The van der Waals surface area contributed by atoms with Crippen LogP contribution in [0.2, 0.25) is 0 Å². The quantitative estimate of drug-likeness (QED) is 0.703. The average Bonchev–Trinajstić information content (AvgIpc) is 2.43. The number of pyridine rings is 1. The van der Waals surface area contributed by atoms with Gasteiger partial charge >= 0.3 is 0 Å². The van der Waals surface area contributed by atoms with Gasteiger partial charge in [-0.05, 0) is 65.4 Å². The molecule has 1 heterocycles. The van der Waals surface area contributed by atoms with E-state index in [-0.39, 0.29) is 11.9 Å². The summed E-state index contributed by atoms with van der Waals surface area (Å²) in [6, 6.07) is 4.07. The summed E-state index contributed by atoms with van der Waals surface area (Å²) in [7, 11) is 2.16. The number of aromatic nitrogens is 1. The number of rotatable bonds is 9. The van der Waals surface area contributed by atoms with Crippen LogP contribution in [0.1, 0.15) is 51.8 Å². The van der Waals surface area contributed by atoms with Gasteiger partial charge in [-0.1, -0.05) is 6.92 Å². The normalized spacial score (nSPS) is 13.2. The third-order valence-electron chi connectivity index (χ3n) is 3.73. The first kappa shape index (κ1) is 17.1. The zero-order chi connectivity index (χ0) is 15.0. The van der Waals surface area contributed by atoms with Crippen LogP contribution in [0.25, 0.3) is 0 Å². The Morgan fingerprint density at radius 3 is 2.60 bits per heavy atom. The lowest BCUT2D eigenvalue weighted by molar-refractivity contribution is 0.267. The lowest BCUT2D eigenvalue weighted by Crippen LogP contribution is -2.28. The molecule has 0 aliphatic rings. The highest BCUT2D eigenvalue weighted by atomic mass is 19.1. The number of hydrogen-bond donors (Lipinski definition) is 1. The second kappa shape index (κ2) is 9.03. The lowest BCUT2D eigenvalue weighted by Gasteiger charge is -2.21. The van der Waals surface area contributed by atoms with Crippen molar-refractivity contribution in [2.24, 2.45) is 0 Å². The maximum atomic E-state index is 12.9. The standard InChI is InChI=1S/C16H28FN3/c1-5-15(16-9-8-14(17)12-19-16)18-10-6-7-11-20(4)13(2)3/h8-9,12-13,15,18H,5-7,10-11H2,1-4H3. The fraction of sp³-hybridized carbons (Fsp3) is 0.688. The Labute approximate surface area is 122 Å². The van der Waals surface area contributed by atoms with Gasteiger partial charge in [0.05, 0.1) is 11.9 Å². The van der Waals surface area contributed by atoms with Gasteiger partial charge in [0.15, 0.2) is 0 Å². The van der Waals surface area contributed by atoms with Crippen LogP contribution in [0, 0.1) is 5.82 Å². The topological polar surface area (TPSA) is 28.2 Å². The SMILES string of the molecule is CCC(NCCCCN(C)C(C)C)c1ccc(F)cn1. The molecule has 0 aliphatic heterocycles. The van der Waals surface area contributed by atoms with E-state index in [1.807, 2.05) is 0 Å². The van der Waals surface area contributed by atoms with Crippen molar-refractivity contribution in [2.45, 2.75) is 52.1 Å². The van der Waals surface area contributed by atoms with E-state index in [4.69, 9.17) is 0 Å². The molecule has 0 aliphatic carbocycles. The number of unbranched alkanes of at least 4 members (excludes halogenated alkanes) is 1. The minimum atomic E-state index is -0.277. The van der Waals surface area contributed by atoms with E-state index in [0.717, 1.165) is 31.6 Å². The Kier molecular flexibility index (Phi) is 7.70. The fourth-order valence-electron chi connectivity index (χ4n) is 2.07. The van der Waals surface area contributed by atoms with Gasteiger partial charge in [0.2, 0.25) is 0 Å². The average molecular weight is 281 g/mol. The molecule has 0 bridgehead atoms. The highest BCUT2D eigenvalue weighted by molar-refractivity contribution is 5.09. The third-order valence-corrected chi connectivity index (χ3v) is 3.73. The molecular formula is C16H28FN3. The van der Waals surface area contributed by atoms with Crippen LogP contribution in [0.3, 0.4) is 0 Å². The molecule has 0 aromatic carbocycles. The number of hydrogen-bond acceptors (Lipinski definition) is 3. The van der Waals surface area contributed by atoms with Crippen molar-refractivity contribution >= 4 is 0 Å². The van der Waals surface area contributed by atoms with E-state index in [2.05, 4.69) is 43.0 Å². The Bertz CT molecular complexity index is 364. The molecule has 0 spiro atoms. The Morgan fingerprint density at radius 1 is 1.30 bits per heavy atom. The monoisotopic (exact) mass is 281 g/mol. The van der Waals surface area contributed by atoms with Gasteiger partial charge in [-0.3, -0.25) is 4.98 Å². The van der Waals surface area contributed by atoms with Gasteiger partial charge in [0.25, 0.3) is 0 Å². The maximum Gasteiger partial charge on any atom is 0.141 e. The molecule has 0 saturated carbocycles. The summed E-state index contributed by atoms with van der Waals surface area (Å²) >= 11 is 0. The molecule has 1 unspecified atom stereocenters. The summed E-state index contributed by atoms with van der Waals surface area (Å²) in [5.74, 6) is -0.277. The molecular weight excluding hydrogens is 253 g/mol. The van der Waals surface area contributed by atoms with Gasteiger partial charge in [0, 0.05) is 12.1 Å².